The van der Waals surface area contributed by atoms with Gasteiger partial charge in [0.15, 0.2) is 0 Å². The molecule has 0 aliphatic rings. The van der Waals surface area contributed by atoms with Crippen LogP contribution < -0.4 is 4.72 Å². The molecule has 0 atom stereocenters. The van der Waals surface area contributed by atoms with Crippen molar-refractivity contribution in [1.82, 2.24) is 4.72 Å². The molecule has 0 bridgehead atoms. The molecule has 0 heterocycles. The molecule has 0 unspecified atom stereocenters. The van der Waals surface area contributed by atoms with Crippen LogP contribution in [0.4, 0.5) is 0 Å². The van der Waals surface area contributed by atoms with Gasteiger partial charge in [0.05, 0.1) is 6.26 Å². The monoisotopic (exact) mass is 261 g/mol. The molecule has 0 fully saturated rings. The molecule has 0 radical (unpaired) electrons. The Kier molecular flexibility index (Phi) is 3.99. The number of hydrogen-bond acceptors (Lipinski definition) is 2. The Labute approximate surface area is 102 Å². The highest BCUT2D eigenvalue weighted by atomic mass is 35.5. The Morgan fingerprint density at radius 2 is 1.75 bits per heavy atom. The third kappa shape index (κ3) is 4.12. The third-order valence-electron chi connectivity index (χ3n) is 2.40. The molecule has 0 aromatic heterocycles. The van der Waals surface area contributed by atoms with Gasteiger partial charge in [0, 0.05) is 17.0 Å². The molecule has 0 amide bonds. The van der Waals surface area contributed by atoms with Crippen molar-refractivity contribution in [1.29, 1.82) is 0 Å². The highest BCUT2D eigenvalue weighted by Gasteiger charge is 2.21. The lowest BCUT2D eigenvalue weighted by molar-refractivity contribution is 0.503. The van der Waals surface area contributed by atoms with Crippen LogP contribution in [0.5, 0.6) is 0 Å². The molecule has 0 saturated heterocycles. The van der Waals surface area contributed by atoms with Crippen molar-refractivity contribution in [3.63, 3.8) is 0 Å². The number of nitrogens with one attached hydrogen (secondary N) is 1. The summed E-state index contributed by atoms with van der Waals surface area (Å²) in [6.45, 7) is 4.33. The summed E-state index contributed by atoms with van der Waals surface area (Å²) in [6.07, 6.45) is 1.16. The zero-order valence-corrected chi connectivity index (χ0v) is 11.2. The van der Waals surface area contributed by atoms with Crippen molar-refractivity contribution in [2.75, 3.05) is 12.8 Å². The van der Waals surface area contributed by atoms with Gasteiger partial charge in [0.2, 0.25) is 10.0 Å². The molecule has 0 saturated carbocycles. The van der Waals surface area contributed by atoms with Crippen LogP contribution in [-0.4, -0.2) is 21.2 Å². The average Bonchev–Trinajstić information content (AvgIpc) is 2.15. The van der Waals surface area contributed by atoms with Crippen LogP contribution in [0.3, 0.4) is 0 Å². The van der Waals surface area contributed by atoms with Crippen molar-refractivity contribution in [2.24, 2.45) is 0 Å². The van der Waals surface area contributed by atoms with E-state index in [9.17, 15) is 8.42 Å². The van der Waals surface area contributed by atoms with E-state index in [1.165, 1.54) is 0 Å². The van der Waals surface area contributed by atoms with E-state index in [0.717, 1.165) is 11.8 Å². The summed E-state index contributed by atoms with van der Waals surface area (Å²) < 4.78 is 24.6. The van der Waals surface area contributed by atoms with Crippen LogP contribution in [-0.2, 0) is 15.4 Å². The van der Waals surface area contributed by atoms with E-state index in [-0.39, 0.29) is 5.41 Å². The van der Waals surface area contributed by atoms with Gasteiger partial charge >= 0.3 is 0 Å². The van der Waals surface area contributed by atoms with Gasteiger partial charge in [-0.15, -0.1) is 0 Å². The Hall–Kier alpha value is -0.580. The maximum atomic E-state index is 11.0. The first-order chi connectivity index (χ1) is 7.21. The molecule has 1 aromatic rings. The zero-order chi connectivity index (χ0) is 12.4. The number of rotatable bonds is 4. The van der Waals surface area contributed by atoms with Gasteiger partial charge in [-0.3, -0.25) is 0 Å². The van der Waals surface area contributed by atoms with E-state index in [1.807, 2.05) is 26.0 Å². The second kappa shape index (κ2) is 4.73. The molecule has 1 aromatic carbocycles. The largest absolute Gasteiger partial charge is 0.215 e. The molecular weight excluding hydrogens is 246 g/mol. The maximum Gasteiger partial charge on any atom is 0.208 e. The van der Waals surface area contributed by atoms with Gasteiger partial charge < -0.3 is 0 Å². The van der Waals surface area contributed by atoms with E-state index in [4.69, 9.17) is 11.6 Å². The number of hydrogen-bond donors (Lipinski definition) is 1. The summed E-state index contributed by atoms with van der Waals surface area (Å²) in [4.78, 5) is 0. The second-order valence-electron chi connectivity index (χ2n) is 4.48. The van der Waals surface area contributed by atoms with Crippen LogP contribution in [0.1, 0.15) is 19.4 Å². The quantitative estimate of drug-likeness (QED) is 0.903. The van der Waals surface area contributed by atoms with Gasteiger partial charge in [-0.1, -0.05) is 37.6 Å². The minimum absolute atomic E-state index is 0.256. The SMILES string of the molecule is CC(C)(CNS(C)(=O)=O)c1ccc(Cl)cc1. The Morgan fingerprint density at radius 1 is 1.25 bits per heavy atom. The summed E-state index contributed by atoms with van der Waals surface area (Å²) in [7, 11) is -3.15. The van der Waals surface area contributed by atoms with E-state index < -0.39 is 10.0 Å². The number of sulfonamides is 1. The van der Waals surface area contributed by atoms with E-state index in [2.05, 4.69) is 4.72 Å². The van der Waals surface area contributed by atoms with Gasteiger partial charge in [0.25, 0.3) is 0 Å². The lowest BCUT2D eigenvalue weighted by Crippen LogP contribution is -2.36. The zero-order valence-electron chi connectivity index (χ0n) is 9.62. The molecule has 5 heteroatoms. The summed E-state index contributed by atoms with van der Waals surface area (Å²) in [6, 6.07) is 7.43. The fraction of sp³-hybridized carbons (Fsp3) is 0.455. The molecule has 0 spiro atoms. The minimum Gasteiger partial charge on any atom is -0.215 e. The normalized spacial score (nSPS) is 12.8. The Morgan fingerprint density at radius 3 is 2.19 bits per heavy atom. The first kappa shape index (κ1) is 13.5. The first-order valence-corrected chi connectivity index (χ1v) is 7.18. The highest BCUT2D eigenvalue weighted by Crippen LogP contribution is 2.23. The second-order valence-corrected chi connectivity index (χ2v) is 6.75. The van der Waals surface area contributed by atoms with Crippen molar-refractivity contribution >= 4 is 21.6 Å². The molecular formula is C11H16ClNO2S. The van der Waals surface area contributed by atoms with Crippen LogP contribution in [0.2, 0.25) is 5.02 Å². The smallest absolute Gasteiger partial charge is 0.208 e. The van der Waals surface area contributed by atoms with E-state index >= 15 is 0 Å². The lowest BCUT2D eigenvalue weighted by atomic mass is 9.85. The summed E-state index contributed by atoms with van der Waals surface area (Å²) in [5.74, 6) is 0. The molecule has 1 rings (SSSR count). The summed E-state index contributed by atoms with van der Waals surface area (Å²) in [5.41, 5.74) is 0.793. The fourth-order valence-electron chi connectivity index (χ4n) is 1.31. The van der Waals surface area contributed by atoms with Crippen molar-refractivity contribution < 1.29 is 8.42 Å². The average molecular weight is 262 g/mol. The van der Waals surface area contributed by atoms with Gasteiger partial charge in [-0.05, 0) is 17.7 Å². The van der Waals surface area contributed by atoms with Crippen LogP contribution in [0.15, 0.2) is 24.3 Å². The molecule has 3 nitrogen and oxygen atoms in total. The van der Waals surface area contributed by atoms with Crippen molar-refractivity contribution in [3.05, 3.63) is 34.9 Å². The standard InChI is InChI=1S/C11H16ClNO2S/c1-11(2,8-13-16(3,14)15)9-4-6-10(12)7-5-9/h4-7,13H,8H2,1-3H3. The minimum atomic E-state index is -3.15. The predicted octanol–water partition coefficient (Wildman–Crippen LogP) is 2.17. The van der Waals surface area contributed by atoms with Crippen LogP contribution in [0, 0.1) is 0 Å². The highest BCUT2D eigenvalue weighted by molar-refractivity contribution is 7.88. The lowest BCUT2D eigenvalue weighted by Gasteiger charge is -2.25. The van der Waals surface area contributed by atoms with Crippen molar-refractivity contribution in [2.45, 2.75) is 19.3 Å². The molecule has 0 aliphatic heterocycles. The maximum absolute atomic E-state index is 11.0. The first-order valence-electron chi connectivity index (χ1n) is 4.91. The number of halogens is 1. The topological polar surface area (TPSA) is 46.2 Å². The van der Waals surface area contributed by atoms with E-state index in [1.54, 1.807) is 12.1 Å². The molecule has 1 N–H and O–H groups in total. The fourth-order valence-corrected chi connectivity index (χ4v) is 2.06. The molecule has 0 aliphatic carbocycles. The van der Waals surface area contributed by atoms with E-state index in [0.29, 0.717) is 11.6 Å². The summed E-state index contributed by atoms with van der Waals surface area (Å²) >= 11 is 5.80. The predicted molar refractivity (Wildman–Crippen MR) is 67.3 cm³/mol. The van der Waals surface area contributed by atoms with Gasteiger partial charge in [-0.2, -0.15) is 0 Å². The molecule has 16 heavy (non-hydrogen) atoms. The van der Waals surface area contributed by atoms with Crippen LogP contribution in [0.25, 0.3) is 0 Å². The van der Waals surface area contributed by atoms with Gasteiger partial charge in [0.1, 0.15) is 0 Å². The molecule has 90 valence electrons. The number of benzene rings is 1. The van der Waals surface area contributed by atoms with Gasteiger partial charge in [-0.25, -0.2) is 13.1 Å². The Bertz CT molecular complexity index is 451. The third-order valence-corrected chi connectivity index (χ3v) is 3.32. The van der Waals surface area contributed by atoms with Crippen LogP contribution >= 0.6 is 11.6 Å². The summed E-state index contributed by atoms with van der Waals surface area (Å²) in [5, 5.41) is 0.677. The Balaban J connectivity index is 2.81. The van der Waals surface area contributed by atoms with Crippen molar-refractivity contribution in [3.8, 4) is 0 Å².